The van der Waals surface area contributed by atoms with Gasteiger partial charge < -0.3 is 5.73 Å². The molecule has 1 saturated carbocycles. The lowest BCUT2D eigenvalue weighted by Gasteiger charge is -2.28. The third kappa shape index (κ3) is 3.97. The fraction of sp³-hybridized carbons (Fsp3) is 1.00. The zero-order chi connectivity index (χ0) is 10.7. The van der Waals surface area contributed by atoms with Gasteiger partial charge >= 0.3 is 0 Å². The maximum absolute atomic E-state index is 5.91. The van der Waals surface area contributed by atoms with Crippen molar-refractivity contribution in [3.63, 3.8) is 0 Å². The number of nitrogens with zero attached hydrogens (tertiary/aromatic N) is 1. The van der Waals surface area contributed by atoms with E-state index in [0.717, 1.165) is 12.0 Å². The summed E-state index contributed by atoms with van der Waals surface area (Å²) >= 11 is 0. The van der Waals surface area contributed by atoms with Crippen molar-refractivity contribution in [1.82, 2.24) is 4.90 Å². The minimum Gasteiger partial charge on any atom is -0.328 e. The molecule has 2 nitrogen and oxygen atoms in total. The van der Waals surface area contributed by atoms with Crippen LogP contribution in [0.1, 0.15) is 40.5 Å². The highest BCUT2D eigenvalue weighted by molar-refractivity contribution is 4.86. The van der Waals surface area contributed by atoms with Crippen molar-refractivity contribution in [2.75, 3.05) is 13.1 Å². The largest absolute Gasteiger partial charge is 0.328 e. The summed E-state index contributed by atoms with van der Waals surface area (Å²) in [6.07, 6.45) is 2.80. The van der Waals surface area contributed by atoms with Crippen molar-refractivity contribution < 1.29 is 0 Å². The lowest BCUT2D eigenvalue weighted by molar-refractivity contribution is 0.195. The van der Waals surface area contributed by atoms with E-state index in [1.807, 2.05) is 0 Å². The number of rotatable bonds is 6. The summed E-state index contributed by atoms with van der Waals surface area (Å²) in [5, 5.41) is 0. The van der Waals surface area contributed by atoms with Crippen molar-refractivity contribution in [2.45, 2.75) is 52.6 Å². The first-order valence-corrected chi connectivity index (χ1v) is 6.00. The molecule has 0 amide bonds. The highest BCUT2D eigenvalue weighted by atomic mass is 15.2. The van der Waals surface area contributed by atoms with E-state index in [4.69, 9.17) is 5.73 Å². The van der Waals surface area contributed by atoms with E-state index in [9.17, 15) is 0 Å². The summed E-state index contributed by atoms with van der Waals surface area (Å²) in [5.41, 5.74) is 5.91. The molecule has 1 aliphatic carbocycles. The topological polar surface area (TPSA) is 29.3 Å². The van der Waals surface area contributed by atoms with Crippen LogP contribution in [0.4, 0.5) is 0 Å². The Labute approximate surface area is 88.8 Å². The van der Waals surface area contributed by atoms with E-state index in [0.29, 0.717) is 12.0 Å². The van der Waals surface area contributed by atoms with E-state index in [2.05, 4.69) is 32.6 Å². The van der Waals surface area contributed by atoms with E-state index in [-0.39, 0.29) is 0 Å². The Morgan fingerprint density at radius 2 is 1.71 bits per heavy atom. The first kappa shape index (κ1) is 12.0. The van der Waals surface area contributed by atoms with Crippen LogP contribution in [0.25, 0.3) is 0 Å². The molecule has 0 aliphatic heterocycles. The van der Waals surface area contributed by atoms with Gasteiger partial charge in [0.25, 0.3) is 0 Å². The molecule has 0 bridgehead atoms. The van der Waals surface area contributed by atoms with E-state index in [1.54, 1.807) is 0 Å². The fourth-order valence-electron chi connectivity index (χ4n) is 1.82. The Hall–Kier alpha value is -0.0800. The van der Waals surface area contributed by atoms with Crippen molar-refractivity contribution in [3.05, 3.63) is 0 Å². The van der Waals surface area contributed by atoms with Crippen molar-refractivity contribution in [1.29, 1.82) is 0 Å². The average Bonchev–Trinajstić information content (AvgIpc) is 2.83. The molecule has 14 heavy (non-hydrogen) atoms. The van der Waals surface area contributed by atoms with E-state index < -0.39 is 0 Å². The summed E-state index contributed by atoms with van der Waals surface area (Å²) in [7, 11) is 0. The highest BCUT2D eigenvalue weighted by Crippen LogP contribution is 2.28. The average molecular weight is 198 g/mol. The monoisotopic (exact) mass is 198 g/mol. The summed E-state index contributed by atoms with van der Waals surface area (Å²) in [5.74, 6) is 1.39. The van der Waals surface area contributed by atoms with Gasteiger partial charge in [0.05, 0.1) is 0 Å². The molecule has 0 heterocycles. The summed E-state index contributed by atoms with van der Waals surface area (Å²) in [6, 6.07) is 1.20. The van der Waals surface area contributed by atoms with Crippen molar-refractivity contribution in [2.24, 2.45) is 17.6 Å². The van der Waals surface area contributed by atoms with Crippen molar-refractivity contribution in [3.8, 4) is 0 Å². The van der Waals surface area contributed by atoms with Gasteiger partial charge in [0.15, 0.2) is 0 Å². The van der Waals surface area contributed by atoms with Gasteiger partial charge in [-0.3, -0.25) is 4.90 Å². The third-order valence-corrected chi connectivity index (χ3v) is 3.08. The molecule has 0 radical (unpaired) electrons. The van der Waals surface area contributed by atoms with Crippen molar-refractivity contribution >= 4 is 0 Å². The van der Waals surface area contributed by atoms with Gasteiger partial charge in [0, 0.05) is 25.2 Å². The highest BCUT2D eigenvalue weighted by Gasteiger charge is 2.30. The van der Waals surface area contributed by atoms with E-state index >= 15 is 0 Å². The molecule has 84 valence electrons. The molecular weight excluding hydrogens is 172 g/mol. The van der Waals surface area contributed by atoms with Gasteiger partial charge in [-0.15, -0.1) is 0 Å². The smallest absolute Gasteiger partial charge is 0.00966 e. The Bertz CT molecular complexity index is 162. The predicted molar refractivity (Wildman–Crippen MR) is 62.2 cm³/mol. The zero-order valence-electron chi connectivity index (χ0n) is 10.2. The first-order chi connectivity index (χ1) is 6.50. The molecular formula is C12H26N2. The van der Waals surface area contributed by atoms with Crippen LogP contribution in [0.15, 0.2) is 0 Å². The maximum atomic E-state index is 5.91. The van der Waals surface area contributed by atoms with Crippen LogP contribution in [0.5, 0.6) is 0 Å². The van der Waals surface area contributed by atoms with Gasteiger partial charge in [-0.25, -0.2) is 0 Å². The molecule has 1 aliphatic rings. The van der Waals surface area contributed by atoms with Crippen LogP contribution >= 0.6 is 0 Å². The molecule has 2 unspecified atom stereocenters. The van der Waals surface area contributed by atoms with Gasteiger partial charge in [-0.1, -0.05) is 20.8 Å². The number of nitrogens with two attached hydrogens (primary N) is 1. The van der Waals surface area contributed by atoms with Crippen LogP contribution in [0.3, 0.4) is 0 Å². The maximum Gasteiger partial charge on any atom is 0.00966 e. The fourth-order valence-corrected chi connectivity index (χ4v) is 1.82. The second kappa shape index (κ2) is 5.13. The van der Waals surface area contributed by atoms with E-state index in [1.165, 1.54) is 25.9 Å². The van der Waals surface area contributed by atoms with Gasteiger partial charge in [0.2, 0.25) is 0 Å². The molecule has 2 heteroatoms. The molecule has 2 N–H and O–H groups in total. The van der Waals surface area contributed by atoms with Crippen LogP contribution in [-0.4, -0.2) is 30.1 Å². The first-order valence-electron chi connectivity index (χ1n) is 6.00. The van der Waals surface area contributed by atoms with Crippen LogP contribution < -0.4 is 5.73 Å². The molecule has 0 aromatic carbocycles. The summed E-state index contributed by atoms with van der Waals surface area (Å²) < 4.78 is 0. The normalized spacial score (nSPS) is 21.6. The predicted octanol–water partition coefficient (Wildman–Crippen LogP) is 2.09. The second-order valence-corrected chi connectivity index (χ2v) is 5.42. The lowest BCUT2D eigenvalue weighted by atomic mass is 10.0. The zero-order valence-corrected chi connectivity index (χ0v) is 10.2. The lowest BCUT2D eigenvalue weighted by Crippen LogP contribution is -2.39. The van der Waals surface area contributed by atoms with Crippen LogP contribution in [0, 0.1) is 11.8 Å². The van der Waals surface area contributed by atoms with Crippen LogP contribution in [0.2, 0.25) is 0 Å². The molecule has 0 aromatic heterocycles. The van der Waals surface area contributed by atoms with Gasteiger partial charge in [-0.2, -0.15) is 0 Å². The summed E-state index contributed by atoms with van der Waals surface area (Å²) in [6.45, 7) is 11.4. The molecule has 0 aromatic rings. The molecule has 2 atom stereocenters. The minimum absolute atomic E-state index is 0.323. The van der Waals surface area contributed by atoms with Gasteiger partial charge in [0.1, 0.15) is 0 Å². The number of hydrogen-bond acceptors (Lipinski definition) is 2. The molecule has 0 saturated heterocycles. The Morgan fingerprint density at radius 3 is 2.07 bits per heavy atom. The SMILES string of the molecule is CC(C)CN(CC(C)C(C)N)C1CC1. The number of hydrogen-bond donors (Lipinski definition) is 1. The Kier molecular flexibility index (Phi) is 4.39. The Balaban J connectivity index is 2.34. The second-order valence-electron chi connectivity index (χ2n) is 5.42. The molecule has 1 rings (SSSR count). The third-order valence-electron chi connectivity index (χ3n) is 3.08. The quantitative estimate of drug-likeness (QED) is 0.708. The standard InChI is InChI=1S/C12H26N2/c1-9(2)7-14(12-5-6-12)8-10(3)11(4)13/h9-12H,5-8,13H2,1-4H3. The summed E-state index contributed by atoms with van der Waals surface area (Å²) in [4.78, 5) is 2.64. The Morgan fingerprint density at radius 1 is 1.14 bits per heavy atom. The minimum atomic E-state index is 0.323. The van der Waals surface area contributed by atoms with Crippen LogP contribution in [-0.2, 0) is 0 Å². The van der Waals surface area contributed by atoms with Gasteiger partial charge in [-0.05, 0) is 31.6 Å². The molecule has 1 fully saturated rings. The molecule has 0 spiro atoms.